The molecule has 1 aliphatic rings. The third-order valence-electron chi connectivity index (χ3n) is 11.2. The Morgan fingerprint density at radius 1 is 0.321 bits per heavy atom. The molecule has 0 spiro atoms. The molecule has 4 heteroatoms. The molecule has 0 saturated carbocycles. The molecule has 10 aromatic rings. The lowest BCUT2D eigenvalue weighted by Crippen LogP contribution is -2.28. The van der Waals surface area contributed by atoms with E-state index in [0.29, 0.717) is 17.5 Å². The third-order valence-corrected chi connectivity index (χ3v) is 11.2. The summed E-state index contributed by atoms with van der Waals surface area (Å²) >= 11 is 0. The first-order chi connectivity index (χ1) is 27.7. The third kappa shape index (κ3) is 5.04. The zero-order valence-corrected chi connectivity index (χ0v) is 30.3. The van der Waals surface area contributed by atoms with Crippen molar-refractivity contribution < 1.29 is 4.42 Å². The predicted molar refractivity (Wildman–Crippen MR) is 226 cm³/mol. The maximum absolute atomic E-state index is 6.79. The lowest BCUT2D eigenvalue weighted by molar-refractivity contribution is 0.665. The molecule has 0 bridgehead atoms. The van der Waals surface area contributed by atoms with Crippen molar-refractivity contribution in [1.82, 2.24) is 15.0 Å². The molecular weight excluding hydrogens is 683 g/mol. The molecule has 0 fully saturated rings. The number of nitrogens with zero attached hydrogens (tertiary/aromatic N) is 3. The first-order valence-corrected chi connectivity index (χ1v) is 18.9. The minimum atomic E-state index is -0.500. The van der Waals surface area contributed by atoms with E-state index in [2.05, 4.69) is 164 Å². The van der Waals surface area contributed by atoms with Gasteiger partial charge in [-0.05, 0) is 68.8 Å². The van der Waals surface area contributed by atoms with Crippen LogP contribution in [0, 0.1) is 0 Å². The molecule has 0 atom stereocenters. The van der Waals surface area contributed by atoms with Gasteiger partial charge in [0.15, 0.2) is 17.5 Å². The van der Waals surface area contributed by atoms with Crippen molar-refractivity contribution in [1.29, 1.82) is 0 Å². The topological polar surface area (TPSA) is 51.8 Å². The standard InChI is InChI=1S/C52H33N3O/c1-4-15-34(16-5-1)36-19-14-20-37(31-36)50-53-49(35-17-6-2-7-18-35)54-51(55-50)38-27-29-43-44-30-28-40(33-48(44)56-47(43)32-38)52(39-21-8-3-9-22-39)45-25-12-10-23-41(45)42-24-11-13-26-46(42)52/h1-33H. The Labute approximate surface area is 324 Å². The van der Waals surface area contributed by atoms with Crippen molar-refractivity contribution in [2.24, 2.45) is 0 Å². The van der Waals surface area contributed by atoms with Crippen molar-refractivity contribution in [3.05, 3.63) is 222 Å². The van der Waals surface area contributed by atoms with E-state index in [0.717, 1.165) is 49.8 Å². The highest BCUT2D eigenvalue weighted by atomic mass is 16.3. The van der Waals surface area contributed by atoms with E-state index >= 15 is 0 Å². The molecule has 0 radical (unpaired) electrons. The van der Waals surface area contributed by atoms with Gasteiger partial charge in [-0.15, -0.1) is 0 Å². The molecule has 0 amide bonds. The molecule has 0 saturated heterocycles. The van der Waals surface area contributed by atoms with E-state index in [1.54, 1.807) is 0 Å². The van der Waals surface area contributed by atoms with Crippen LogP contribution >= 0.6 is 0 Å². The van der Waals surface area contributed by atoms with Gasteiger partial charge in [0.25, 0.3) is 0 Å². The molecule has 262 valence electrons. The van der Waals surface area contributed by atoms with Crippen LogP contribution in [0.5, 0.6) is 0 Å². The van der Waals surface area contributed by atoms with E-state index < -0.39 is 5.41 Å². The van der Waals surface area contributed by atoms with Crippen LogP contribution in [0.25, 0.3) is 78.4 Å². The Kier molecular flexibility index (Phi) is 7.36. The van der Waals surface area contributed by atoms with Crippen LogP contribution in [0.2, 0.25) is 0 Å². The first-order valence-electron chi connectivity index (χ1n) is 18.9. The number of furan rings is 1. The molecule has 56 heavy (non-hydrogen) atoms. The van der Waals surface area contributed by atoms with Crippen LogP contribution in [0.4, 0.5) is 0 Å². The van der Waals surface area contributed by atoms with Crippen LogP contribution < -0.4 is 0 Å². The molecule has 11 rings (SSSR count). The second-order valence-corrected chi connectivity index (χ2v) is 14.4. The second-order valence-electron chi connectivity index (χ2n) is 14.4. The van der Waals surface area contributed by atoms with Gasteiger partial charge < -0.3 is 4.42 Å². The van der Waals surface area contributed by atoms with Crippen molar-refractivity contribution in [3.63, 3.8) is 0 Å². The average Bonchev–Trinajstić information content (AvgIpc) is 3.80. The maximum Gasteiger partial charge on any atom is 0.164 e. The van der Waals surface area contributed by atoms with Gasteiger partial charge in [-0.25, -0.2) is 15.0 Å². The molecular formula is C52H33N3O. The van der Waals surface area contributed by atoms with Gasteiger partial charge in [0.1, 0.15) is 11.2 Å². The van der Waals surface area contributed by atoms with Crippen LogP contribution in [-0.2, 0) is 5.41 Å². The van der Waals surface area contributed by atoms with Gasteiger partial charge in [0.05, 0.1) is 5.41 Å². The highest BCUT2D eigenvalue weighted by Crippen LogP contribution is 2.56. The lowest BCUT2D eigenvalue weighted by Gasteiger charge is -2.33. The second kappa shape index (κ2) is 12.9. The summed E-state index contributed by atoms with van der Waals surface area (Å²) in [5.74, 6) is 1.82. The zero-order chi connectivity index (χ0) is 37.1. The molecule has 2 heterocycles. The van der Waals surface area contributed by atoms with Crippen molar-refractivity contribution in [2.45, 2.75) is 5.41 Å². The van der Waals surface area contributed by atoms with Crippen LogP contribution in [-0.4, -0.2) is 15.0 Å². The molecule has 0 aliphatic heterocycles. The van der Waals surface area contributed by atoms with Gasteiger partial charge in [-0.1, -0.05) is 176 Å². The summed E-state index contributed by atoms with van der Waals surface area (Å²) in [5.41, 5.74) is 13.5. The summed E-state index contributed by atoms with van der Waals surface area (Å²) in [6.07, 6.45) is 0. The summed E-state index contributed by atoms with van der Waals surface area (Å²) in [6, 6.07) is 70.4. The molecule has 0 N–H and O–H groups in total. The SMILES string of the molecule is c1ccc(-c2cccc(-c3nc(-c4ccccc4)nc(-c4ccc5c(c4)oc4cc(C6(c7ccccc7)c7ccccc7-c7ccccc76)ccc45)n3)c2)cc1. The highest BCUT2D eigenvalue weighted by Gasteiger charge is 2.46. The van der Waals surface area contributed by atoms with Gasteiger partial charge in [-0.3, -0.25) is 0 Å². The van der Waals surface area contributed by atoms with Crippen LogP contribution in [0.3, 0.4) is 0 Å². The monoisotopic (exact) mass is 715 g/mol. The number of hydrogen-bond donors (Lipinski definition) is 0. The Balaban J connectivity index is 1.06. The van der Waals surface area contributed by atoms with E-state index in [-0.39, 0.29) is 0 Å². The number of aromatic nitrogens is 3. The summed E-state index contributed by atoms with van der Waals surface area (Å²) < 4.78 is 6.79. The van der Waals surface area contributed by atoms with E-state index in [1.807, 2.05) is 36.4 Å². The lowest BCUT2D eigenvalue weighted by atomic mass is 9.67. The summed E-state index contributed by atoms with van der Waals surface area (Å²) in [6.45, 7) is 0. The van der Waals surface area contributed by atoms with E-state index in [1.165, 1.54) is 33.4 Å². The maximum atomic E-state index is 6.79. The van der Waals surface area contributed by atoms with Gasteiger partial charge in [0.2, 0.25) is 0 Å². The summed E-state index contributed by atoms with van der Waals surface area (Å²) in [4.78, 5) is 15.1. The van der Waals surface area contributed by atoms with Crippen LogP contribution in [0.15, 0.2) is 205 Å². The highest BCUT2D eigenvalue weighted by molar-refractivity contribution is 6.06. The molecule has 2 aromatic heterocycles. The summed E-state index contributed by atoms with van der Waals surface area (Å²) in [7, 11) is 0. The van der Waals surface area contributed by atoms with Crippen LogP contribution in [0.1, 0.15) is 22.3 Å². The fraction of sp³-hybridized carbons (Fsp3) is 0.0192. The number of fused-ring (bicyclic) bond motifs is 6. The zero-order valence-electron chi connectivity index (χ0n) is 30.3. The molecule has 1 aliphatic carbocycles. The van der Waals surface area contributed by atoms with E-state index in [4.69, 9.17) is 19.4 Å². The summed E-state index contributed by atoms with van der Waals surface area (Å²) in [5, 5.41) is 2.11. The number of rotatable bonds is 6. The number of benzene rings is 8. The average molecular weight is 716 g/mol. The largest absolute Gasteiger partial charge is 0.456 e. The quantitative estimate of drug-likeness (QED) is 0.172. The van der Waals surface area contributed by atoms with Gasteiger partial charge in [0, 0.05) is 27.5 Å². The molecule has 4 nitrogen and oxygen atoms in total. The Bertz CT molecular complexity index is 3030. The van der Waals surface area contributed by atoms with Gasteiger partial charge >= 0.3 is 0 Å². The van der Waals surface area contributed by atoms with E-state index in [9.17, 15) is 0 Å². The van der Waals surface area contributed by atoms with Crippen molar-refractivity contribution in [2.75, 3.05) is 0 Å². The minimum absolute atomic E-state index is 0.500. The Morgan fingerprint density at radius 3 is 1.46 bits per heavy atom. The molecule has 8 aromatic carbocycles. The normalized spacial score (nSPS) is 12.8. The number of hydrogen-bond acceptors (Lipinski definition) is 4. The molecule has 0 unspecified atom stereocenters. The Hall–Kier alpha value is -7.43. The fourth-order valence-corrected chi connectivity index (χ4v) is 8.68. The van der Waals surface area contributed by atoms with Crippen molar-refractivity contribution in [3.8, 4) is 56.4 Å². The fourth-order valence-electron chi connectivity index (χ4n) is 8.68. The first kappa shape index (κ1) is 32.0. The Morgan fingerprint density at radius 2 is 0.804 bits per heavy atom. The predicted octanol–water partition coefficient (Wildman–Crippen LogP) is 12.8. The van der Waals surface area contributed by atoms with Gasteiger partial charge in [-0.2, -0.15) is 0 Å². The van der Waals surface area contributed by atoms with Crippen molar-refractivity contribution >= 4 is 21.9 Å². The minimum Gasteiger partial charge on any atom is -0.456 e. The smallest absolute Gasteiger partial charge is 0.164 e.